The predicted molar refractivity (Wildman–Crippen MR) is 118 cm³/mol. The highest BCUT2D eigenvalue weighted by Crippen LogP contribution is 2.15. The number of aryl methyl sites for hydroxylation is 2. The Balaban J connectivity index is 1.50. The summed E-state index contributed by atoms with van der Waals surface area (Å²) in [4.78, 5) is 10.6. The first-order chi connectivity index (χ1) is 13.8. The van der Waals surface area contributed by atoms with Gasteiger partial charge in [0.2, 0.25) is 10.0 Å². The van der Waals surface area contributed by atoms with Gasteiger partial charge in [-0.3, -0.25) is 4.99 Å². The number of aliphatic imine (C=N–C) groups is 1. The number of hydrogen-bond donors (Lipinski definition) is 2. The van der Waals surface area contributed by atoms with Crippen LogP contribution in [0.4, 0.5) is 11.5 Å². The van der Waals surface area contributed by atoms with Crippen molar-refractivity contribution in [1.82, 2.24) is 9.29 Å². The van der Waals surface area contributed by atoms with Crippen molar-refractivity contribution >= 4 is 27.5 Å². The molecule has 0 amide bonds. The van der Waals surface area contributed by atoms with Gasteiger partial charge in [0, 0.05) is 38.1 Å². The van der Waals surface area contributed by atoms with E-state index in [0.717, 1.165) is 22.6 Å². The van der Waals surface area contributed by atoms with E-state index in [9.17, 15) is 8.42 Å². The number of aromatic nitrogens is 1. The number of benzene rings is 1. The van der Waals surface area contributed by atoms with Crippen LogP contribution in [0.3, 0.4) is 0 Å². The fourth-order valence-electron chi connectivity index (χ4n) is 3.38. The van der Waals surface area contributed by atoms with E-state index >= 15 is 0 Å². The molecule has 0 aliphatic carbocycles. The number of guanidine groups is 1. The van der Waals surface area contributed by atoms with Crippen molar-refractivity contribution in [2.45, 2.75) is 13.8 Å². The van der Waals surface area contributed by atoms with Gasteiger partial charge < -0.3 is 16.0 Å². The molecule has 1 aromatic carbocycles. The summed E-state index contributed by atoms with van der Waals surface area (Å²) < 4.78 is 26.8. The first kappa shape index (κ1) is 21.1. The zero-order valence-corrected chi connectivity index (χ0v) is 17.7. The molecule has 0 bridgehead atoms. The van der Waals surface area contributed by atoms with Crippen molar-refractivity contribution in [3.05, 3.63) is 53.7 Å². The third-order valence-electron chi connectivity index (χ3n) is 4.73. The summed E-state index contributed by atoms with van der Waals surface area (Å²) in [6.45, 7) is 6.26. The molecule has 1 aromatic heterocycles. The van der Waals surface area contributed by atoms with Gasteiger partial charge in [-0.05, 0) is 49.2 Å². The summed E-state index contributed by atoms with van der Waals surface area (Å²) in [5.74, 6) is 1.02. The second-order valence-corrected chi connectivity index (χ2v) is 9.25. The van der Waals surface area contributed by atoms with Crippen LogP contribution in [0.5, 0.6) is 0 Å². The molecule has 1 aliphatic rings. The first-order valence-corrected chi connectivity index (χ1v) is 11.2. The molecule has 2 aromatic rings. The lowest BCUT2D eigenvalue weighted by Crippen LogP contribution is -2.49. The molecule has 0 unspecified atom stereocenters. The zero-order valence-electron chi connectivity index (χ0n) is 16.9. The maximum absolute atomic E-state index is 12.6. The highest BCUT2D eigenvalue weighted by Gasteiger charge is 2.26. The minimum atomic E-state index is -3.38. The summed E-state index contributed by atoms with van der Waals surface area (Å²) >= 11 is 0. The van der Waals surface area contributed by atoms with E-state index < -0.39 is 10.0 Å². The number of sulfonamides is 1. The van der Waals surface area contributed by atoms with Crippen LogP contribution in [0, 0.1) is 13.8 Å². The van der Waals surface area contributed by atoms with E-state index in [0.29, 0.717) is 26.2 Å². The Kier molecular flexibility index (Phi) is 6.71. The Labute approximate surface area is 172 Å². The van der Waals surface area contributed by atoms with Gasteiger partial charge in [-0.2, -0.15) is 4.31 Å². The maximum atomic E-state index is 12.6. The molecule has 8 nitrogen and oxygen atoms in total. The highest BCUT2D eigenvalue weighted by atomic mass is 32.2. The Morgan fingerprint density at radius 3 is 2.45 bits per heavy atom. The van der Waals surface area contributed by atoms with E-state index in [1.807, 2.05) is 44.2 Å². The third kappa shape index (κ3) is 5.91. The van der Waals surface area contributed by atoms with Crippen LogP contribution in [0.15, 0.2) is 47.6 Å². The molecule has 1 fully saturated rings. The number of pyridine rings is 1. The largest absolute Gasteiger partial charge is 0.370 e. The molecule has 3 N–H and O–H groups in total. The fraction of sp³-hybridized carbons (Fsp3) is 0.400. The van der Waals surface area contributed by atoms with Gasteiger partial charge in [0.1, 0.15) is 5.82 Å². The summed E-state index contributed by atoms with van der Waals surface area (Å²) in [7, 11) is -3.38. The van der Waals surface area contributed by atoms with Gasteiger partial charge >= 0.3 is 0 Å². The van der Waals surface area contributed by atoms with Gasteiger partial charge in [-0.25, -0.2) is 13.4 Å². The molecular weight excluding hydrogens is 388 g/mol. The third-order valence-corrected chi connectivity index (χ3v) is 6.58. The Morgan fingerprint density at radius 2 is 1.83 bits per heavy atom. The Morgan fingerprint density at radius 1 is 1.14 bits per heavy atom. The van der Waals surface area contributed by atoms with Crippen molar-refractivity contribution in [2.75, 3.05) is 48.7 Å². The van der Waals surface area contributed by atoms with E-state index in [4.69, 9.17) is 5.73 Å². The summed E-state index contributed by atoms with van der Waals surface area (Å²) in [5.41, 5.74) is 8.99. The summed E-state index contributed by atoms with van der Waals surface area (Å²) in [6, 6.07) is 11.7. The molecule has 0 radical (unpaired) electrons. The highest BCUT2D eigenvalue weighted by molar-refractivity contribution is 7.89. The number of piperazine rings is 1. The Hall–Kier alpha value is -2.65. The van der Waals surface area contributed by atoms with Gasteiger partial charge in [-0.1, -0.05) is 12.1 Å². The monoisotopic (exact) mass is 416 g/mol. The van der Waals surface area contributed by atoms with Crippen molar-refractivity contribution in [3.8, 4) is 0 Å². The molecule has 3 rings (SSSR count). The molecule has 156 valence electrons. The van der Waals surface area contributed by atoms with Crippen LogP contribution in [0.1, 0.15) is 11.1 Å². The second kappa shape index (κ2) is 9.23. The van der Waals surface area contributed by atoms with Crippen molar-refractivity contribution in [1.29, 1.82) is 0 Å². The van der Waals surface area contributed by atoms with E-state index in [-0.39, 0.29) is 18.3 Å². The standard InChI is InChI=1S/C20H28N6O2S/c1-16-13-17(2)15-18(14-16)24-20(21)23-7-12-29(27,28)26-10-8-25(9-11-26)19-5-3-4-6-22-19/h3-6,13-15H,7-12H2,1-2H3,(H3,21,23,24). The number of rotatable bonds is 6. The SMILES string of the molecule is Cc1cc(C)cc(NC(N)=NCCS(=O)(=O)N2CCN(c3ccccn3)CC2)c1. The molecule has 0 atom stereocenters. The lowest BCUT2D eigenvalue weighted by atomic mass is 10.1. The second-order valence-electron chi connectivity index (χ2n) is 7.16. The van der Waals surface area contributed by atoms with E-state index in [2.05, 4.69) is 26.3 Å². The number of hydrogen-bond acceptors (Lipinski definition) is 5. The minimum absolute atomic E-state index is 0.0637. The minimum Gasteiger partial charge on any atom is -0.370 e. The quantitative estimate of drug-likeness (QED) is 0.547. The summed E-state index contributed by atoms with van der Waals surface area (Å²) in [5, 5.41) is 3.02. The lowest BCUT2D eigenvalue weighted by Gasteiger charge is -2.34. The molecule has 1 aliphatic heterocycles. The first-order valence-electron chi connectivity index (χ1n) is 9.62. The van der Waals surface area contributed by atoms with Crippen LogP contribution in [0.25, 0.3) is 0 Å². The smallest absolute Gasteiger partial charge is 0.216 e. The van der Waals surface area contributed by atoms with Crippen molar-refractivity contribution in [3.63, 3.8) is 0 Å². The average molecular weight is 417 g/mol. The molecule has 9 heteroatoms. The van der Waals surface area contributed by atoms with Crippen LogP contribution in [-0.4, -0.2) is 62.1 Å². The number of anilines is 2. The molecule has 1 saturated heterocycles. The normalized spacial score (nSPS) is 16.1. The van der Waals surface area contributed by atoms with Crippen LogP contribution < -0.4 is 16.0 Å². The zero-order chi connectivity index (χ0) is 20.9. The Bertz CT molecular complexity index is 934. The average Bonchev–Trinajstić information content (AvgIpc) is 2.68. The number of nitrogens with zero attached hydrogens (tertiary/aromatic N) is 4. The van der Waals surface area contributed by atoms with E-state index in [1.54, 1.807) is 6.20 Å². The van der Waals surface area contributed by atoms with Crippen LogP contribution in [0.2, 0.25) is 0 Å². The maximum Gasteiger partial charge on any atom is 0.216 e. The molecule has 0 spiro atoms. The van der Waals surface area contributed by atoms with Crippen LogP contribution in [-0.2, 0) is 10.0 Å². The molecule has 29 heavy (non-hydrogen) atoms. The lowest BCUT2D eigenvalue weighted by molar-refractivity contribution is 0.384. The summed E-state index contributed by atoms with van der Waals surface area (Å²) in [6.07, 6.45) is 1.74. The number of nitrogens with two attached hydrogens (primary N) is 1. The van der Waals surface area contributed by atoms with E-state index in [1.165, 1.54) is 4.31 Å². The fourth-order valence-corrected chi connectivity index (χ4v) is 4.68. The van der Waals surface area contributed by atoms with Crippen molar-refractivity contribution in [2.24, 2.45) is 10.7 Å². The van der Waals surface area contributed by atoms with Gasteiger partial charge in [0.25, 0.3) is 0 Å². The van der Waals surface area contributed by atoms with Gasteiger partial charge in [0.05, 0.1) is 12.3 Å². The predicted octanol–water partition coefficient (Wildman–Crippen LogP) is 1.58. The molecular formula is C20H28N6O2S. The van der Waals surface area contributed by atoms with Crippen LogP contribution >= 0.6 is 0 Å². The molecule has 2 heterocycles. The van der Waals surface area contributed by atoms with Gasteiger partial charge in [-0.15, -0.1) is 0 Å². The van der Waals surface area contributed by atoms with Gasteiger partial charge in [0.15, 0.2) is 5.96 Å². The topological polar surface area (TPSA) is 104 Å². The molecule has 0 saturated carbocycles. The van der Waals surface area contributed by atoms with Crippen molar-refractivity contribution < 1.29 is 8.42 Å². The number of nitrogens with one attached hydrogen (secondary N) is 1.